The Morgan fingerprint density at radius 3 is 1.89 bits per heavy atom. The van der Waals surface area contributed by atoms with E-state index in [2.05, 4.69) is 64.1 Å². The summed E-state index contributed by atoms with van der Waals surface area (Å²) in [7, 11) is 0. The fourth-order valence-electron chi connectivity index (χ4n) is 5.51. The molecule has 0 amide bonds. The van der Waals surface area contributed by atoms with Crippen molar-refractivity contribution in [2.24, 2.45) is 0 Å². The van der Waals surface area contributed by atoms with Gasteiger partial charge in [-0.15, -0.1) is 0 Å². The normalized spacial score (nSPS) is 12.9. The van der Waals surface area contributed by atoms with Crippen molar-refractivity contribution >= 4 is 22.0 Å². The van der Waals surface area contributed by atoms with Gasteiger partial charge in [-0.2, -0.15) is 0 Å². The monoisotopic (exact) mass is 484 g/mol. The van der Waals surface area contributed by atoms with Crippen LogP contribution < -0.4 is 3.58 Å². The molecule has 1 aliphatic rings. The standard InChI is InChI=1S/C15H13.3C4H9.Sn/c1-2-11-7-8-15-13(9-11)10-12-5-3-4-6-14(12)15;3*1-3-4-2;/h3-8H,2,10H2,1H3;3*1,3-4H2,2H3;. The van der Waals surface area contributed by atoms with E-state index in [9.17, 15) is 0 Å². The molecular weight excluding hydrogens is 443 g/mol. The van der Waals surface area contributed by atoms with E-state index in [4.69, 9.17) is 0 Å². The van der Waals surface area contributed by atoms with Gasteiger partial charge in [-0.05, 0) is 0 Å². The first-order valence-corrected chi connectivity index (χ1v) is 19.4. The molecule has 0 fully saturated rings. The van der Waals surface area contributed by atoms with E-state index in [0.717, 1.165) is 0 Å². The van der Waals surface area contributed by atoms with Crippen molar-refractivity contribution in [1.82, 2.24) is 0 Å². The average Bonchev–Trinajstić information content (AvgIpc) is 3.11. The van der Waals surface area contributed by atoms with Crippen LogP contribution in [0.2, 0.25) is 13.3 Å². The second-order valence-corrected chi connectivity index (χ2v) is 21.9. The summed E-state index contributed by atoms with van der Waals surface area (Å²) < 4.78 is 6.70. The molecule has 152 valence electrons. The van der Waals surface area contributed by atoms with Crippen LogP contribution in [0.15, 0.2) is 36.4 Å². The Hall–Kier alpha value is -0.761. The number of unbranched alkanes of at least 4 members (excludes halogenated alkanes) is 3. The molecule has 0 aromatic heterocycles. The van der Waals surface area contributed by atoms with Gasteiger partial charge in [-0.25, -0.2) is 0 Å². The van der Waals surface area contributed by atoms with Gasteiger partial charge < -0.3 is 0 Å². The Balaban J connectivity index is 2.17. The van der Waals surface area contributed by atoms with Gasteiger partial charge in [-0.3, -0.25) is 0 Å². The molecule has 1 aliphatic carbocycles. The van der Waals surface area contributed by atoms with Crippen LogP contribution in [0.3, 0.4) is 0 Å². The van der Waals surface area contributed by atoms with Crippen LogP contribution in [-0.4, -0.2) is 18.4 Å². The molecule has 0 radical (unpaired) electrons. The van der Waals surface area contributed by atoms with Crippen molar-refractivity contribution in [3.63, 3.8) is 0 Å². The molecule has 0 saturated heterocycles. The summed E-state index contributed by atoms with van der Waals surface area (Å²) in [5.74, 6) is 0. The summed E-state index contributed by atoms with van der Waals surface area (Å²) in [5, 5.41) is 0. The van der Waals surface area contributed by atoms with E-state index in [-0.39, 0.29) is 0 Å². The zero-order valence-corrected chi connectivity index (χ0v) is 21.6. The number of fused-ring (bicyclic) bond motifs is 3. The second kappa shape index (κ2) is 10.3. The van der Waals surface area contributed by atoms with Crippen molar-refractivity contribution < 1.29 is 0 Å². The Morgan fingerprint density at radius 1 is 0.714 bits per heavy atom. The van der Waals surface area contributed by atoms with Crippen LogP contribution in [0.5, 0.6) is 0 Å². The van der Waals surface area contributed by atoms with Gasteiger partial charge in [0.05, 0.1) is 0 Å². The van der Waals surface area contributed by atoms with Crippen LogP contribution >= 0.6 is 0 Å². The average molecular weight is 483 g/mol. The predicted molar refractivity (Wildman–Crippen MR) is 129 cm³/mol. The molecule has 0 aliphatic heterocycles. The number of benzene rings is 2. The van der Waals surface area contributed by atoms with Crippen LogP contribution in [0.25, 0.3) is 11.1 Å². The van der Waals surface area contributed by atoms with Crippen molar-refractivity contribution in [2.45, 2.75) is 92.4 Å². The molecule has 0 spiro atoms. The first-order chi connectivity index (χ1) is 13.7. The molecule has 0 unspecified atom stereocenters. The Bertz CT molecular complexity index is 752. The van der Waals surface area contributed by atoms with Gasteiger partial charge in [0.15, 0.2) is 0 Å². The molecule has 28 heavy (non-hydrogen) atoms. The molecule has 2 aromatic carbocycles. The molecule has 0 N–H and O–H groups in total. The van der Waals surface area contributed by atoms with Gasteiger partial charge in [0.25, 0.3) is 0 Å². The van der Waals surface area contributed by atoms with Crippen LogP contribution in [0, 0.1) is 0 Å². The molecular formula is C27H40Sn. The zero-order valence-electron chi connectivity index (χ0n) is 18.7. The zero-order chi connectivity index (χ0) is 20.0. The summed E-state index contributed by atoms with van der Waals surface area (Å²) in [6.45, 7) is 9.57. The SMILES string of the molecule is CCC[CH2][Sn]([CH2]CCC)([CH2]CCC)[c]1c(CC)ccc2c1Cc1ccccc1-2. The van der Waals surface area contributed by atoms with Gasteiger partial charge in [0.1, 0.15) is 0 Å². The van der Waals surface area contributed by atoms with Crippen molar-refractivity contribution in [3.05, 3.63) is 53.1 Å². The van der Waals surface area contributed by atoms with Crippen LogP contribution in [0.1, 0.15) is 82.9 Å². The summed E-state index contributed by atoms with van der Waals surface area (Å²) in [6, 6.07) is 14.2. The van der Waals surface area contributed by atoms with E-state index in [1.807, 2.05) is 3.58 Å². The molecule has 0 heterocycles. The van der Waals surface area contributed by atoms with Crippen molar-refractivity contribution in [2.75, 3.05) is 0 Å². The van der Waals surface area contributed by atoms with Crippen molar-refractivity contribution in [3.8, 4) is 11.1 Å². The van der Waals surface area contributed by atoms with E-state index >= 15 is 0 Å². The van der Waals surface area contributed by atoms with Crippen molar-refractivity contribution in [1.29, 1.82) is 0 Å². The van der Waals surface area contributed by atoms with E-state index in [1.54, 1.807) is 35.6 Å². The predicted octanol–water partition coefficient (Wildman–Crippen LogP) is 7.88. The Morgan fingerprint density at radius 2 is 1.32 bits per heavy atom. The Kier molecular flexibility index (Phi) is 8.09. The fourth-order valence-corrected chi connectivity index (χ4v) is 23.8. The van der Waals surface area contributed by atoms with Crippen LogP contribution in [-0.2, 0) is 12.8 Å². The third-order valence-electron chi connectivity index (χ3n) is 7.01. The molecule has 0 nitrogen and oxygen atoms in total. The molecule has 0 bridgehead atoms. The summed E-state index contributed by atoms with van der Waals surface area (Å²) >= 11 is -2.45. The number of rotatable bonds is 11. The minimum absolute atomic E-state index is 1.19. The molecule has 1 heteroatoms. The minimum atomic E-state index is -2.45. The van der Waals surface area contributed by atoms with Crippen LogP contribution in [0.4, 0.5) is 0 Å². The third kappa shape index (κ3) is 4.37. The first-order valence-electron chi connectivity index (χ1n) is 11.9. The Labute approximate surface area is 178 Å². The quantitative estimate of drug-likeness (QED) is 0.244. The molecule has 3 rings (SSSR count). The summed E-state index contributed by atoms with van der Waals surface area (Å²) in [6.07, 6.45) is 10.8. The summed E-state index contributed by atoms with van der Waals surface area (Å²) in [4.78, 5) is 0. The first kappa shape index (κ1) is 21.9. The number of hydrogen-bond acceptors (Lipinski definition) is 0. The van der Waals surface area contributed by atoms with E-state index in [0.29, 0.717) is 0 Å². The third-order valence-corrected chi connectivity index (χ3v) is 23.0. The second-order valence-electron chi connectivity index (χ2n) is 8.90. The van der Waals surface area contributed by atoms with Gasteiger partial charge in [0, 0.05) is 0 Å². The number of aryl methyl sites for hydroxylation is 1. The molecule has 0 saturated carbocycles. The fraction of sp³-hybridized carbons (Fsp3) is 0.556. The topological polar surface area (TPSA) is 0 Å². The van der Waals surface area contributed by atoms with E-state index < -0.39 is 18.4 Å². The molecule has 0 atom stereocenters. The van der Waals surface area contributed by atoms with Gasteiger partial charge >= 0.3 is 179 Å². The maximum atomic E-state index is 2.52. The number of hydrogen-bond donors (Lipinski definition) is 0. The summed E-state index contributed by atoms with van der Waals surface area (Å²) in [5.41, 5.74) is 8.13. The maximum absolute atomic E-state index is 2.52. The molecule has 2 aromatic rings. The van der Waals surface area contributed by atoms with Gasteiger partial charge in [-0.1, -0.05) is 0 Å². The van der Waals surface area contributed by atoms with Gasteiger partial charge in [0.2, 0.25) is 0 Å². The van der Waals surface area contributed by atoms with E-state index in [1.165, 1.54) is 56.9 Å².